The van der Waals surface area contributed by atoms with Crippen molar-refractivity contribution in [3.05, 3.63) is 48.6 Å². The summed E-state index contributed by atoms with van der Waals surface area (Å²) in [6.07, 6.45) is 31.6. The van der Waals surface area contributed by atoms with Crippen molar-refractivity contribution >= 4 is 5.97 Å². The van der Waals surface area contributed by atoms with Crippen molar-refractivity contribution in [2.24, 2.45) is 0 Å². The molecule has 0 aromatic rings. The highest BCUT2D eigenvalue weighted by molar-refractivity contribution is 5.69. The maximum absolute atomic E-state index is 13.0. The smallest absolute Gasteiger partial charge is 0.306 e. The van der Waals surface area contributed by atoms with Crippen LogP contribution >= 0.6 is 0 Å². The largest absolute Gasteiger partial charge is 0.457 e. The van der Waals surface area contributed by atoms with Crippen LogP contribution in [-0.4, -0.2) is 142 Å². The Bertz CT molecular complexity index is 1310. The molecule has 0 spiro atoms. The molecule has 0 aromatic carbocycles. The number of ether oxygens (including phenoxy) is 6. The predicted molar refractivity (Wildman–Crippen MR) is 266 cm³/mol. The first-order valence-electron chi connectivity index (χ1n) is 26.7. The van der Waals surface area contributed by atoms with E-state index in [9.17, 15) is 40.5 Å². The topological polar surface area (TPSA) is 214 Å². The van der Waals surface area contributed by atoms with E-state index in [2.05, 4.69) is 62.5 Å². The lowest BCUT2D eigenvalue weighted by Gasteiger charge is -2.42. The normalized spacial score (nSPS) is 26.2. The van der Waals surface area contributed by atoms with Crippen LogP contribution in [0.5, 0.6) is 0 Å². The summed E-state index contributed by atoms with van der Waals surface area (Å²) in [6, 6.07) is 0. The Morgan fingerprint density at radius 1 is 0.485 bits per heavy atom. The molecule has 2 aliphatic heterocycles. The molecule has 0 saturated carbocycles. The summed E-state index contributed by atoms with van der Waals surface area (Å²) in [6.45, 7) is 3.61. The second-order valence-electron chi connectivity index (χ2n) is 18.7. The summed E-state index contributed by atoms with van der Waals surface area (Å²) in [5, 5.41) is 72.2. The second kappa shape index (κ2) is 41.6. The van der Waals surface area contributed by atoms with E-state index in [1.54, 1.807) is 0 Å². The van der Waals surface area contributed by atoms with E-state index >= 15 is 0 Å². The van der Waals surface area contributed by atoms with Gasteiger partial charge in [0.1, 0.15) is 54.9 Å². The van der Waals surface area contributed by atoms with Crippen LogP contribution in [0.4, 0.5) is 0 Å². The van der Waals surface area contributed by atoms with Gasteiger partial charge in [0.05, 0.1) is 26.4 Å². The quantitative estimate of drug-likeness (QED) is 0.0174. The van der Waals surface area contributed by atoms with E-state index in [0.717, 1.165) is 70.6 Å². The molecule has 7 N–H and O–H groups in total. The molecule has 2 fully saturated rings. The fourth-order valence-electron chi connectivity index (χ4n) is 8.17. The molecule has 0 aliphatic carbocycles. The van der Waals surface area contributed by atoms with Gasteiger partial charge < -0.3 is 64.2 Å². The number of carbonyl (C=O) groups is 1. The number of esters is 1. The van der Waals surface area contributed by atoms with Crippen molar-refractivity contribution in [1.29, 1.82) is 0 Å². The third-order valence-electron chi connectivity index (χ3n) is 12.6. The summed E-state index contributed by atoms with van der Waals surface area (Å²) < 4.78 is 34.3. The predicted octanol–water partition coefficient (Wildman–Crippen LogP) is 8.35. The lowest BCUT2D eigenvalue weighted by atomic mass is 9.98. The lowest BCUT2D eigenvalue weighted by molar-refractivity contribution is -0.332. The van der Waals surface area contributed by atoms with Crippen LogP contribution in [-0.2, 0) is 33.2 Å². The van der Waals surface area contributed by atoms with E-state index < -0.39 is 80.7 Å². The van der Waals surface area contributed by atoms with Crippen LogP contribution in [0.1, 0.15) is 187 Å². The molecular formula is C54H96O14. The number of hydrogen-bond acceptors (Lipinski definition) is 14. The van der Waals surface area contributed by atoms with Gasteiger partial charge in [0.2, 0.25) is 0 Å². The number of aliphatic hydroxyl groups excluding tert-OH is 7. The van der Waals surface area contributed by atoms with Crippen molar-refractivity contribution < 1.29 is 69.0 Å². The van der Waals surface area contributed by atoms with Gasteiger partial charge in [-0.15, -0.1) is 0 Å². The molecule has 2 aliphatic rings. The highest BCUT2D eigenvalue weighted by Crippen LogP contribution is 2.26. The minimum atomic E-state index is -1.71. The summed E-state index contributed by atoms with van der Waals surface area (Å²) in [5.74, 6) is -0.389. The third-order valence-corrected chi connectivity index (χ3v) is 12.6. The van der Waals surface area contributed by atoms with Gasteiger partial charge in [0.15, 0.2) is 12.6 Å². The SMILES string of the molecule is CCCCC/C=C\C/C=C\CCCCCCCCOCC(COC1OC(COC2OC(CO)C(O)C(O)C2O)C(O)C(O)C1O)OC(=O)CCCCCCCCC/C=C\C/C=C\CCCCCC. The van der Waals surface area contributed by atoms with Gasteiger partial charge in [-0.2, -0.15) is 0 Å². The van der Waals surface area contributed by atoms with Gasteiger partial charge in [0, 0.05) is 13.0 Å². The molecule has 2 heterocycles. The molecule has 2 saturated heterocycles. The Balaban J connectivity index is 1.77. The Labute approximate surface area is 410 Å². The van der Waals surface area contributed by atoms with Crippen molar-refractivity contribution in [1.82, 2.24) is 0 Å². The first-order chi connectivity index (χ1) is 33.1. The minimum Gasteiger partial charge on any atom is -0.457 e. The van der Waals surface area contributed by atoms with Crippen LogP contribution in [0, 0.1) is 0 Å². The Hall–Kier alpha value is -2.05. The van der Waals surface area contributed by atoms with Crippen molar-refractivity contribution in [2.75, 3.05) is 33.0 Å². The van der Waals surface area contributed by atoms with Crippen LogP contribution in [0.2, 0.25) is 0 Å². The fourth-order valence-corrected chi connectivity index (χ4v) is 8.17. The zero-order chi connectivity index (χ0) is 49.5. The molecule has 14 nitrogen and oxygen atoms in total. The molecule has 396 valence electrons. The van der Waals surface area contributed by atoms with Gasteiger partial charge in [-0.3, -0.25) is 4.79 Å². The standard InChI is InChI=1S/C54H96O14/c1-3-5-7-9-11-13-15-17-19-21-22-23-25-27-29-31-33-35-37-46(56)66-43(40-63-38-36-34-32-30-28-26-24-20-18-16-14-12-10-8-6-4-2)41-64-53-52(62)50(60)48(58)45(68-53)42-65-54-51(61)49(59)47(57)44(39-55)67-54/h12-15,18-21,43-45,47-55,57-62H,3-11,16-17,22-42H2,1-2H3/b14-12-,15-13-,20-18-,21-19-. The zero-order valence-corrected chi connectivity index (χ0v) is 42.1. The Morgan fingerprint density at radius 2 is 0.912 bits per heavy atom. The summed E-state index contributed by atoms with van der Waals surface area (Å²) in [7, 11) is 0. The maximum Gasteiger partial charge on any atom is 0.306 e. The van der Waals surface area contributed by atoms with Crippen molar-refractivity contribution in [3.8, 4) is 0 Å². The highest BCUT2D eigenvalue weighted by atomic mass is 16.7. The molecule has 0 aromatic heterocycles. The highest BCUT2D eigenvalue weighted by Gasteiger charge is 2.47. The summed E-state index contributed by atoms with van der Waals surface area (Å²) >= 11 is 0. The Morgan fingerprint density at radius 3 is 1.44 bits per heavy atom. The third kappa shape index (κ3) is 28.7. The van der Waals surface area contributed by atoms with Gasteiger partial charge in [0.25, 0.3) is 0 Å². The fraction of sp³-hybridized carbons (Fsp3) is 0.833. The average Bonchev–Trinajstić information content (AvgIpc) is 3.33. The molecule has 0 amide bonds. The summed E-state index contributed by atoms with van der Waals surface area (Å²) in [4.78, 5) is 13.0. The first kappa shape index (κ1) is 62.1. The minimum absolute atomic E-state index is 0.0503. The Kier molecular flexibility index (Phi) is 37.9. The first-order valence-corrected chi connectivity index (χ1v) is 26.7. The number of unbranched alkanes of at least 4 members (excludes halogenated alkanes) is 20. The molecule has 14 heteroatoms. The van der Waals surface area contributed by atoms with Crippen LogP contribution in [0.25, 0.3) is 0 Å². The van der Waals surface area contributed by atoms with E-state index in [1.165, 1.54) is 89.9 Å². The van der Waals surface area contributed by atoms with E-state index in [0.29, 0.717) is 13.0 Å². The molecule has 0 radical (unpaired) electrons. The van der Waals surface area contributed by atoms with Gasteiger partial charge in [-0.05, 0) is 77.0 Å². The number of allylic oxidation sites excluding steroid dienone is 8. The zero-order valence-electron chi connectivity index (χ0n) is 42.1. The van der Waals surface area contributed by atoms with E-state index in [-0.39, 0.29) is 25.6 Å². The van der Waals surface area contributed by atoms with Crippen LogP contribution < -0.4 is 0 Å². The van der Waals surface area contributed by atoms with Crippen molar-refractivity contribution in [3.63, 3.8) is 0 Å². The van der Waals surface area contributed by atoms with E-state index in [1.807, 2.05) is 0 Å². The second-order valence-corrected chi connectivity index (χ2v) is 18.7. The number of rotatable bonds is 42. The molecule has 2 rings (SSSR count). The van der Waals surface area contributed by atoms with Crippen molar-refractivity contribution in [2.45, 2.75) is 255 Å². The number of carbonyl (C=O) groups excluding carboxylic acids is 1. The molecule has 11 unspecified atom stereocenters. The molecule has 11 atom stereocenters. The maximum atomic E-state index is 13.0. The van der Waals surface area contributed by atoms with Gasteiger partial charge >= 0.3 is 5.97 Å². The van der Waals surface area contributed by atoms with Gasteiger partial charge in [-0.25, -0.2) is 0 Å². The van der Waals surface area contributed by atoms with Crippen LogP contribution in [0.3, 0.4) is 0 Å². The number of hydrogen-bond donors (Lipinski definition) is 7. The molecule has 68 heavy (non-hydrogen) atoms. The van der Waals surface area contributed by atoms with E-state index in [4.69, 9.17) is 28.4 Å². The lowest BCUT2D eigenvalue weighted by Crippen LogP contribution is -2.61. The van der Waals surface area contributed by atoms with Crippen LogP contribution in [0.15, 0.2) is 48.6 Å². The number of aliphatic hydroxyl groups is 7. The summed E-state index contributed by atoms with van der Waals surface area (Å²) in [5.41, 5.74) is 0. The molecular weight excluding hydrogens is 873 g/mol. The average molecular weight is 969 g/mol. The molecule has 0 bridgehead atoms. The monoisotopic (exact) mass is 969 g/mol. The van der Waals surface area contributed by atoms with Gasteiger partial charge in [-0.1, -0.05) is 152 Å².